The average Bonchev–Trinajstić information content (AvgIpc) is 2.79. The van der Waals surface area contributed by atoms with E-state index in [0.717, 1.165) is 11.1 Å². The summed E-state index contributed by atoms with van der Waals surface area (Å²) in [6.07, 6.45) is 4.86. The van der Waals surface area contributed by atoms with Gasteiger partial charge in [-0.1, -0.05) is 32.9 Å². The van der Waals surface area contributed by atoms with Gasteiger partial charge in [-0.05, 0) is 41.3 Å². The number of nitrogens with two attached hydrogens (primary N) is 1. The minimum absolute atomic E-state index is 0.0826. The summed E-state index contributed by atoms with van der Waals surface area (Å²) in [5.41, 5.74) is 9.35. The number of ether oxygens (including phenoxy) is 3. The summed E-state index contributed by atoms with van der Waals surface area (Å²) in [6, 6.07) is 14.9. The van der Waals surface area contributed by atoms with Gasteiger partial charge in [-0.15, -0.1) is 0 Å². The fourth-order valence-corrected chi connectivity index (χ4v) is 3.48. The van der Waals surface area contributed by atoms with Crippen LogP contribution in [0, 0.1) is 22.2 Å². The number of nitrogens with zero attached hydrogens (tertiary/aromatic N) is 2. The summed E-state index contributed by atoms with van der Waals surface area (Å²) in [6.45, 7) is 6.61. The molecule has 2 heterocycles. The maximum Gasteiger partial charge on any atom is 0.284 e. The number of rotatable bonds is 4. The zero-order chi connectivity index (χ0) is 23.6. The first kappa shape index (κ1) is 21.9. The van der Waals surface area contributed by atoms with Crippen molar-refractivity contribution in [2.24, 2.45) is 11.1 Å². The van der Waals surface area contributed by atoms with E-state index in [2.05, 4.69) is 31.8 Å². The molecule has 166 valence electrons. The Morgan fingerprint density at radius 2 is 1.97 bits per heavy atom. The molecule has 0 amide bonds. The molecule has 0 unspecified atom stereocenters. The van der Waals surface area contributed by atoms with Crippen molar-refractivity contribution in [3.05, 3.63) is 77.8 Å². The quantitative estimate of drug-likeness (QED) is 0.248. The first-order chi connectivity index (χ1) is 15.8. The predicted octanol–water partition coefficient (Wildman–Crippen LogP) is 5.45. The van der Waals surface area contributed by atoms with Gasteiger partial charge in [0.2, 0.25) is 0 Å². The Morgan fingerprint density at radius 3 is 2.64 bits per heavy atom. The van der Waals surface area contributed by atoms with Crippen LogP contribution in [-0.4, -0.2) is 17.6 Å². The summed E-state index contributed by atoms with van der Waals surface area (Å²) >= 11 is 0. The van der Waals surface area contributed by atoms with Crippen LogP contribution in [0.5, 0.6) is 17.2 Å². The third-order valence-corrected chi connectivity index (χ3v) is 4.96. The van der Waals surface area contributed by atoms with Gasteiger partial charge < -0.3 is 19.9 Å². The van der Waals surface area contributed by atoms with E-state index in [-0.39, 0.29) is 5.41 Å². The Morgan fingerprint density at radius 1 is 1.18 bits per heavy atom. The largest absolute Gasteiger partial charge is 0.492 e. The molecule has 0 spiro atoms. The third-order valence-electron chi connectivity index (χ3n) is 4.96. The molecule has 7 nitrogen and oxygen atoms in total. The van der Waals surface area contributed by atoms with Gasteiger partial charge in [0, 0.05) is 34.7 Å². The number of nitriles is 1. The molecule has 0 atom stereocenters. The van der Waals surface area contributed by atoms with Gasteiger partial charge in [0.05, 0.1) is 6.61 Å². The number of nitrogens with one attached hydrogen (secondary N) is 1. The summed E-state index contributed by atoms with van der Waals surface area (Å²) in [5.74, 6) is 1.55. The highest BCUT2D eigenvalue weighted by atomic mass is 16.5. The molecule has 1 aliphatic rings. The molecule has 4 rings (SSSR count). The summed E-state index contributed by atoms with van der Waals surface area (Å²) in [5, 5.41) is 17.6. The zero-order valence-corrected chi connectivity index (χ0v) is 18.7. The highest BCUT2D eigenvalue weighted by Gasteiger charge is 2.28. The molecule has 1 aliphatic heterocycles. The third kappa shape index (κ3) is 4.65. The van der Waals surface area contributed by atoms with Crippen molar-refractivity contribution in [3.63, 3.8) is 0 Å². The molecular formula is C26H24N4O3. The van der Waals surface area contributed by atoms with E-state index in [1.54, 1.807) is 24.5 Å². The van der Waals surface area contributed by atoms with Crippen molar-refractivity contribution in [1.29, 1.82) is 10.7 Å². The predicted molar refractivity (Wildman–Crippen MR) is 126 cm³/mol. The number of benzene rings is 2. The molecule has 0 radical (unpaired) electrons. The summed E-state index contributed by atoms with van der Waals surface area (Å²) < 4.78 is 17.4. The van der Waals surface area contributed by atoms with E-state index in [9.17, 15) is 5.26 Å². The van der Waals surface area contributed by atoms with Crippen molar-refractivity contribution in [2.45, 2.75) is 20.8 Å². The molecule has 3 N–H and O–H groups in total. The monoisotopic (exact) mass is 440 g/mol. The maximum absolute atomic E-state index is 10.1. The summed E-state index contributed by atoms with van der Waals surface area (Å²) in [7, 11) is 0. The van der Waals surface area contributed by atoms with Crippen LogP contribution >= 0.6 is 0 Å². The van der Waals surface area contributed by atoms with Crippen molar-refractivity contribution in [1.82, 2.24) is 4.98 Å². The van der Waals surface area contributed by atoms with Crippen molar-refractivity contribution < 1.29 is 14.2 Å². The minimum atomic E-state index is -0.459. The van der Waals surface area contributed by atoms with E-state index < -0.39 is 6.02 Å². The Bertz CT molecular complexity index is 1290. The van der Waals surface area contributed by atoms with Crippen molar-refractivity contribution in [2.75, 3.05) is 6.61 Å². The van der Waals surface area contributed by atoms with Gasteiger partial charge >= 0.3 is 0 Å². The number of aromatic nitrogens is 1. The molecule has 2 aromatic carbocycles. The van der Waals surface area contributed by atoms with Crippen LogP contribution in [0.3, 0.4) is 0 Å². The van der Waals surface area contributed by atoms with Crippen LogP contribution in [0.4, 0.5) is 0 Å². The first-order valence-corrected chi connectivity index (χ1v) is 10.4. The van der Waals surface area contributed by atoms with Crippen LogP contribution in [0.25, 0.3) is 16.7 Å². The van der Waals surface area contributed by atoms with Crippen LogP contribution in [-0.2, 0) is 4.74 Å². The molecule has 0 aliphatic carbocycles. The normalized spacial score (nSPS) is 13.3. The van der Waals surface area contributed by atoms with Gasteiger partial charge in [0.15, 0.2) is 0 Å². The molecule has 0 saturated heterocycles. The lowest BCUT2D eigenvalue weighted by Crippen LogP contribution is -2.18. The molecule has 0 bridgehead atoms. The number of hydrogen-bond donors (Lipinski definition) is 2. The molecular weight excluding hydrogens is 416 g/mol. The van der Waals surface area contributed by atoms with Crippen LogP contribution in [0.1, 0.15) is 37.5 Å². The molecule has 33 heavy (non-hydrogen) atoms. The summed E-state index contributed by atoms with van der Waals surface area (Å²) in [4.78, 5) is 4.19. The Labute approximate surface area is 192 Å². The average molecular weight is 441 g/mol. The fraction of sp³-hybridized carbons (Fsp3) is 0.192. The second kappa shape index (κ2) is 8.67. The van der Waals surface area contributed by atoms with E-state index in [4.69, 9.17) is 25.4 Å². The first-order valence-electron chi connectivity index (χ1n) is 10.4. The van der Waals surface area contributed by atoms with E-state index >= 15 is 0 Å². The lowest BCUT2D eigenvalue weighted by Gasteiger charge is -2.26. The standard InChI is InChI=1S/C26H24N4O3/c1-26(2,3)15-32-21-8-9-23-24(19(21)12-27)20(14-31-25(28)29)18-11-16(6-7-22(18)33-23)17-5-4-10-30-13-17/h4-11,13-14H,15H2,1-3H3,(H3,28,29)/b20-14+. The molecule has 3 aromatic rings. The van der Waals surface area contributed by atoms with Gasteiger partial charge in [0.1, 0.15) is 35.1 Å². The smallest absolute Gasteiger partial charge is 0.284 e. The number of amidine groups is 1. The highest BCUT2D eigenvalue weighted by Crippen LogP contribution is 2.48. The van der Waals surface area contributed by atoms with Gasteiger partial charge in [0.25, 0.3) is 6.02 Å². The molecule has 1 aromatic heterocycles. The maximum atomic E-state index is 10.1. The SMILES string of the molecule is CC(C)(C)COc1ccc2c(c1C#N)/C(=C/OC(=N)N)c1cc(-c3cccnc3)ccc1O2. The van der Waals surface area contributed by atoms with Gasteiger partial charge in [-0.25, -0.2) is 0 Å². The van der Waals surface area contributed by atoms with Crippen LogP contribution < -0.4 is 15.2 Å². The molecule has 0 saturated carbocycles. The second-order valence-electron chi connectivity index (χ2n) is 8.84. The van der Waals surface area contributed by atoms with Gasteiger partial charge in [-0.3, -0.25) is 10.4 Å². The minimum Gasteiger partial charge on any atom is -0.492 e. The number of fused-ring (bicyclic) bond motifs is 2. The number of hydrogen-bond acceptors (Lipinski definition) is 6. The lowest BCUT2D eigenvalue weighted by molar-refractivity contribution is 0.197. The van der Waals surface area contributed by atoms with Crippen molar-refractivity contribution in [3.8, 4) is 34.4 Å². The van der Waals surface area contributed by atoms with E-state index in [1.165, 1.54) is 6.26 Å². The van der Waals surface area contributed by atoms with Crippen LogP contribution in [0.15, 0.2) is 61.1 Å². The fourth-order valence-electron chi connectivity index (χ4n) is 3.48. The Hall–Kier alpha value is -4.31. The van der Waals surface area contributed by atoms with E-state index in [1.807, 2.05) is 30.3 Å². The Kier molecular flexibility index (Phi) is 5.76. The van der Waals surface area contributed by atoms with Crippen molar-refractivity contribution >= 4 is 11.6 Å². The lowest BCUT2D eigenvalue weighted by atomic mass is 9.89. The topological polar surface area (TPSA) is 114 Å². The molecule has 7 heteroatoms. The number of pyridine rings is 1. The van der Waals surface area contributed by atoms with Gasteiger partial charge in [-0.2, -0.15) is 5.26 Å². The zero-order valence-electron chi connectivity index (χ0n) is 18.7. The Balaban J connectivity index is 1.88. The van der Waals surface area contributed by atoms with Crippen LogP contribution in [0.2, 0.25) is 0 Å². The molecule has 0 fully saturated rings. The second-order valence-corrected chi connectivity index (χ2v) is 8.84. The van der Waals surface area contributed by atoms with E-state index in [0.29, 0.717) is 46.1 Å². The highest BCUT2D eigenvalue weighted by molar-refractivity contribution is 5.93.